The second-order valence-corrected chi connectivity index (χ2v) is 4.94. The van der Waals surface area contributed by atoms with E-state index in [-0.39, 0.29) is 18.5 Å². The number of halogens is 1. The monoisotopic (exact) mass is 269 g/mol. The van der Waals surface area contributed by atoms with E-state index in [1.165, 1.54) is 0 Å². The first-order valence-electron chi connectivity index (χ1n) is 6.18. The smallest absolute Gasteiger partial charge is 0.304 e. The summed E-state index contributed by atoms with van der Waals surface area (Å²) in [7, 11) is 0. The van der Waals surface area contributed by atoms with Gasteiger partial charge in [-0.3, -0.25) is 9.69 Å². The molecule has 2 atom stereocenters. The molecule has 0 aliphatic rings. The molecule has 0 aromatic heterocycles. The van der Waals surface area contributed by atoms with E-state index in [4.69, 9.17) is 16.7 Å². The van der Waals surface area contributed by atoms with Gasteiger partial charge in [0.2, 0.25) is 0 Å². The maximum absolute atomic E-state index is 10.8. The highest BCUT2D eigenvalue weighted by atomic mass is 35.5. The number of hydrogen-bond donors (Lipinski definition) is 1. The number of carboxylic acid groups (broad SMARTS) is 1. The summed E-state index contributed by atoms with van der Waals surface area (Å²) in [5, 5.41) is 9.59. The molecule has 0 bridgehead atoms. The molecule has 1 N–H and O–H groups in total. The van der Waals surface area contributed by atoms with Crippen molar-refractivity contribution < 1.29 is 9.90 Å². The van der Waals surface area contributed by atoms with Crippen LogP contribution in [-0.4, -0.2) is 28.6 Å². The Kier molecular flexibility index (Phi) is 5.63. The van der Waals surface area contributed by atoms with Crippen molar-refractivity contribution in [2.45, 2.75) is 39.3 Å². The predicted molar refractivity (Wildman–Crippen MR) is 74.0 cm³/mol. The quantitative estimate of drug-likeness (QED) is 0.858. The molecule has 2 unspecified atom stereocenters. The maximum Gasteiger partial charge on any atom is 0.304 e. The zero-order chi connectivity index (χ0) is 13.7. The minimum absolute atomic E-state index is 0.0122. The van der Waals surface area contributed by atoms with Crippen molar-refractivity contribution in [3.8, 4) is 0 Å². The second kappa shape index (κ2) is 6.76. The lowest BCUT2D eigenvalue weighted by molar-refractivity contribution is -0.138. The topological polar surface area (TPSA) is 40.5 Å². The summed E-state index contributed by atoms with van der Waals surface area (Å²) < 4.78 is 0. The minimum Gasteiger partial charge on any atom is -0.481 e. The molecule has 0 aliphatic carbocycles. The van der Waals surface area contributed by atoms with Crippen molar-refractivity contribution in [1.29, 1.82) is 0 Å². The molecule has 1 aromatic rings. The van der Waals surface area contributed by atoms with Crippen molar-refractivity contribution in [2.75, 3.05) is 6.54 Å². The van der Waals surface area contributed by atoms with Crippen LogP contribution in [0.3, 0.4) is 0 Å². The molecule has 100 valence electrons. The van der Waals surface area contributed by atoms with E-state index in [2.05, 4.69) is 11.8 Å². The molecule has 0 saturated heterocycles. The highest BCUT2D eigenvalue weighted by molar-refractivity contribution is 6.30. The summed E-state index contributed by atoms with van der Waals surface area (Å²) in [5.74, 6) is -0.760. The van der Waals surface area contributed by atoms with Crippen LogP contribution in [0.1, 0.15) is 38.8 Å². The fourth-order valence-corrected chi connectivity index (χ4v) is 2.40. The second-order valence-electron chi connectivity index (χ2n) is 4.50. The molecule has 3 nitrogen and oxygen atoms in total. The SMILES string of the molecule is CCN(C(C)CC(=O)O)C(C)c1ccc(Cl)cc1. The number of nitrogens with zero attached hydrogens (tertiary/aromatic N) is 1. The van der Waals surface area contributed by atoms with Crippen LogP contribution < -0.4 is 0 Å². The lowest BCUT2D eigenvalue weighted by Crippen LogP contribution is -2.36. The van der Waals surface area contributed by atoms with Gasteiger partial charge >= 0.3 is 5.97 Å². The van der Waals surface area contributed by atoms with Crippen LogP contribution in [0.2, 0.25) is 5.02 Å². The zero-order valence-electron chi connectivity index (χ0n) is 11.1. The van der Waals surface area contributed by atoms with Gasteiger partial charge in [-0.05, 0) is 38.1 Å². The Balaban J connectivity index is 2.81. The Bertz CT molecular complexity index is 391. The number of carbonyl (C=O) groups is 1. The number of hydrogen-bond acceptors (Lipinski definition) is 2. The van der Waals surface area contributed by atoms with Gasteiger partial charge in [-0.2, -0.15) is 0 Å². The van der Waals surface area contributed by atoms with Crippen LogP contribution in [0.25, 0.3) is 0 Å². The molecule has 0 amide bonds. The van der Waals surface area contributed by atoms with Gasteiger partial charge in [-0.1, -0.05) is 30.7 Å². The van der Waals surface area contributed by atoms with Crippen molar-refractivity contribution in [3.63, 3.8) is 0 Å². The van der Waals surface area contributed by atoms with Crippen LogP contribution in [-0.2, 0) is 4.79 Å². The standard InChI is InChI=1S/C14H20ClNO2/c1-4-16(10(2)9-14(17)18)11(3)12-5-7-13(15)8-6-12/h5-8,10-11H,4,9H2,1-3H3,(H,17,18). The van der Waals surface area contributed by atoms with Gasteiger partial charge in [0.05, 0.1) is 6.42 Å². The van der Waals surface area contributed by atoms with Crippen LogP contribution in [0.5, 0.6) is 0 Å². The van der Waals surface area contributed by atoms with Gasteiger partial charge in [-0.15, -0.1) is 0 Å². The van der Waals surface area contributed by atoms with Crippen molar-refractivity contribution in [2.24, 2.45) is 0 Å². The lowest BCUT2D eigenvalue weighted by Gasteiger charge is -2.33. The minimum atomic E-state index is -0.760. The van der Waals surface area contributed by atoms with Crippen LogP contribution in [0.15, 0.2) is 24.3 Å². The largest absolute Gasteiger partial charge is 0.481 e. The Hall–Kier alpha value is -1.06. The van der Waals surface area contributed by atoms with Gasteiger partial charge in [0.25, 0.3) is 0 Å². The van der Waals surface area contributed by atoms with Gasteiger partial charge in [-0.25, -0.2) is 0 Å². The molecular weight excluding hydrogens is 250 g/mol. The van der Waals surface area contributed by atoms with Crippen LogP contribution in [0.4, 0.5) is 0 Å². The van der Waals surface area contributed by atoms with E-state index in [0.717, 1.165) is 12.1 Å². The number of benzene rings is 1. The predicted octanol–water partition coefficient (Wildman–Crippen LogP) is 3.59. The Morgan fingerprint density at radius 2 is 1.89 bits per heavy atom. The van der Waals surface area contributed by atoms with Gasteiger partial charge in [0.15, 0.2) is 0 Å². The van der Waals surface area contributed by atoms with E-state index >= 15 is 0 Å². The Morgan fingerprint density at radius 1 is 1.33 bits per heavy atom. The molecule has 4 heteroatoms. The Morgan fingerprint density at radius 3 is 2.33 bits per heavy atom. The fourth-order valence-electron chi connectivity index (χ4n) is 2.27. The molecule has 0 radical (unpaired) electrons. The summed E-state index contributed by atoms with van der Waals surface area (Å²) >= 11 is 5.87. The van der Waals surface area contributed by atoms with E-state index in [9.17, 15) is 4.79 Å². The molecule has 0 heterocycles. The lowest BCUT2D eigenvalue weighted by atomic mass is 10.0. The first kappa shape index (κ1) is 15.0. The van der Waals surface area contributed by atoms with E-state index in [1.807, 2.05) is 38.1 Å². The fraction of sp³-hybridized carbons (Fsp3) is 0.500. The third kappa shape index (κ3) is 4.00. The highest BCUT2D eigenvalue weighted by Gasteiger charge is 2.21. The average Bonchev–Trinajstić information content (AvgIpc) is 2.29. The molecular formula is C14H20ClNO2. The highest BCUT2D eigenvalue weighted by Crippen LogP contribution is 2.24. The average molecular weight is 270 g/mol. The molecule has 0 saturated carbocycles. The molecule has 1 rings (SSSR count). The number of carboxylic acids is 1. The van der Waals surface area contributed by atoms with E-state index in [0.29, 0.717) is 5.02 Å². The van der Waals surface area contributed by atoms with Gasteiger partial charge in [0.1, 0.15) is 0 Å². The normalized spacial score (nSPS) is 14.5. The molecule has 0 spiro atoms. The number of rotatable bonds is 6. The van der Waals surface area contributed by atoms with Gasteiger partial charge in [0, 0.05) is 17.1 Å². The van der Waals surface area contributed by atoms with E-state index in [1.54, 1.807) is 0 Å². The van der Waals surface area contributed by atoms with Gasteiger partial charge < -0.3 is 5.11 Å². The molecule has 1 aromatic carbocycles. The van der Waals surface area contributed by atoms with E-state index < -0.39 is 5.97 Å². The summed E-state index contributed by atoms with van der Waals surface area (Å²) in [4.78, 5) is 13.0. The Labute approximate surface area is 113 Å². The number of aliphatic carboxylic acids is 1. The summed E-state index contributed by atoms with van der Waals surface area (Å²) in [6, 6.07) is 7.90. The summed E-state index contributed by atoms with van der Waals surface area (Å²) in [6.07, 6.45) is 0.159. The van der Waals surface area contributed by atoms with Crippen molar-refractivity contribution >= 4 is 17.6 Å². The summed E-state index contributed by atoms with van der Waals surface area (Å²) in [5.41, 5.74) is 1.15. The zero-order valence-corrected chi connectivity index (χ0v) is 11.8. The molecule has 0 aliphatic heterocycles. The first-order chi connectivity index (χ1) is 8.45. The third-order valence-electron chi connectivity index (χ3n) is 3.25. The van der Waals surface area contributed by atoms with Crippen molar-refractivity contribution in [1.82, 2.24) is 4.90 Å². The summed E-state index contributed by atoms with van der Waals surface area (Å²) in [6.45, 7) is 6.90. The van der Waals surface area contributed by atoms with Crippen LogP contribution in [0, 0.1) is 0 Å². The third-order valence-corrected chi connectivity index (χ3v) is 3.50. The van der Waals surface area contributed by atoms with Crippen molar-refractivity contribution in [3.05, 3.63) is 34.9 Å². The first-order valence-corrected chi connectivity index (χ1v) is 6.56. The van der Waals surface area contributed by atoms with Crippen LogP contribution >= 0.6 is 11.6 Å². The maximum atomic E-state index is 10.8. The molecule has 18 heavy (non-hydrogen) atoms. The molecule has 0 fully saturated rings.